The number of esters is 1. The van der Waals surface area contributed by atoms with Gasteiger partial charge in [-0.25, -0.2) is 4.79 Å². The highest BCUT2D eigenvalue weighted by molar-refractivity contribution is 7.95. The Morgan fingerprint density at radius 1 is 0.585 bits per heavy atom. The Morgan fingerprint density at radius 3 is 1.49 bits per heavy atom. The first-order chi connectivity index (χ1) is 19.6. The van der Waals surface area contributed by atoms with Crippen molar-refractivity contribution in [3.63, 3.8) is 0 Å². The predicted molar refractivity (Wildman–Crippen MR) is 167 cm³/mol. The number of benzene rings is 4. The monoisotopic (exact) mass is 634 g/mol. The van der Waals surface area contributed by atoms with Gasteiger partial charge in [0, 0.05) is 6.07 Å². The SMILES string of the molecule is O=C(OCCCCCCCCCC[P+](c1ccccc1)(c1ccccc1)c1ccccc1)c1ccc(O)cc1O.[Br-]. The topological polar surface area (TPSA) is 66.8 Å². The van der Waals surface area contributed by atoms with Crippen LogP contribution in [0.25, 0.3) is 0 Å². The Hall–Kier alpha value is -3.14. The van der Waals surface area contributed by atoms with Gasteiger partial charge in [0.25, 0.3) is 0 Å². The lowest BCUT2D eigenvalue weighted by Crippen LogP contribution is -3.00. The number of ether oxygens (including phenoxy) is 1. The van der Waals surface area contributed by atoms with Gasteiger partial charge in [-0.3, -0.25) is 0 Å². The summed E-state index contributed by atoms with van der Waals surface area (Å²) in [4.78, 5) is 12.1. The van der Waals surface area contributed by atoms with E-state index in [1.54, 1.807) is 0 Å². The zero-order valence-electron chi connectivity index (χ0n) is 23.5. The first-order valence-corrected chi connectivity index (χ1v) is 16.3. The number of unbranched alkanes of at least 4 members (excludes halogenated alkanes) is 7. The number of halogens is 1. The van der Waals surface area contributed by atoms with Gasteiger partial charge in [0.2, 0.25) is 0 Å². The van der Waals surface area contributed by atoms with Gasteiger partial charge < -0.3 is 31.9 Å². The second-order valence-corrected chi connectivity index (χ2v) is 13.8. The molecule has 0 aliphatic heterocycles. The van der Waals surface area contributed by atoms with E-state index in [0.717, 1.165) is 25.3 Å². The lowest BCUT2D eigenvalue weighted by Gasteiger charge is -2.27. The minimum absolute atomic E-state index is 0. The molecule has 216 valence electrons. The maximum absolute atomic E-state index is 12.1. The molecule has 0 aromatic heterocycles. The third kappa shape index (κ3) is 8.92. The fraction of sp³-hybridized carbons (Fsp3) is 0.286. The average molecular weight is 636 g/mol. The molecule has 0 bridgehead atoms. The summed E-state index contributed by atoms with van der Waals surface area (Å²) < 4.78 is 5.27. The number of phenolic OH excluding ortho intramolecular Hbond substituents is 2. The first-order valence-electron chi connectivity index (χ1n) is 14.4. The number of aromatic hydroxyl groups is 2. The van der Waals surface area contributed by atoms with Gasteiger partial charge in [0.15, 0.2) is 0 Å². The van der Waals surface area contributed by atoms with E-state index in [4.69, 9.17) is 4.74 Å². The number of carbonyl (C=O) groups is 1. The maximum atomic E-state index is 12.1. The quantitative estimate of drug-likeness (QED) is 0.116. The number of hydrogen-bond donors (Lipinski definition) is 2. The van der Waals surface area contributed by atoms with Crippen molar-refractivity contribution >= 4 is 29.1 Å². The van der Waals surface area contributed by atoms with Gasteiger partial charge in [-0.1, -0.05) is 86.7 Å². The minimum Gasteiger partial charge on any atom is -1.00 e. The zero-order valence-corrected chi connectivity index (χ0v) is 26.0. The van der Waals surface area contributed by atoms with E-state index < -0.39 is 13.2 Å². The second-order valence-electron chi connectivity index (χ2n) is 10.2. The fourth-order valence-electron chi connectivity index (χ4n) is 5.33. The van der Waals surface area contributed by atoms with Gasteiger partial charge in [0.05, 0.1) is 12.8 Å². The highest BCUT2D eigenvalue weighted by Gasteiger charge is 2.44. The van der Waals surface area contributed by atoms with E-state index in [1.165, 1.54) is 66.3 Å². The number of hydrogen-bond acceptors (Lipinski definition) is 4. The first kappa shape index (κ1) is 32.4. The van der Waals surface area contributed by atoms with E-state index in [-0.39, 0.29) is 34.0 Å². The van der Waals surface area contributed by atoms with Gasteiger partial charge in [-0.2, -0.15) is 0 Å². The number of phenols is 2. The molecule has 0 spiro atoms. The van der Waals surface area contributed by atoms with E-state index >= 15 is 0 Å². The molecular weight excluding hydrogens is 595 g/mol. The van der Waals surface area contributed by atoms with Crippen LogP contribution < -0.4 is 32.9 Å². The summed E-state index contributed by atoms with van der Waals surface area (Å²) >= 11 is 0. The molecular formula is C35H40BrO4P. The summed E-state index contributed by atoms with van der Waals surface area (Å²) in [6.45, 7) is 0.337. The summed E-state index contributed by atoms with van der Waals surface area (Å²) in [6.07, 6.45) is 10.2. The molecule has 0 fully saturated rings. The Bertz CT molecular complexity index is 1220. The molecule has 0 radical (unpaired) electrons. The van der Waals surface area contributed by atoms with Crippen molar-refractivity contribution in [1.82, 2.24) is 0 Å². The van der Waals surface area contributed by atoms with Crippen molar-refractivity contribution < 1.29 is 36.7 Å². The number of rotatable bonds is 15. The summed E-state index contributed by atoms with van der Waals surface area (Å²) in [7, 11) is -1.73. The molecule has 2 N–H and O–H groups in total. The van der Waals surface area contributed by atoms with E-state index in [2.05, 4.69) is 91.0 Å². The molecule has 0 saturated carbocycles. The molecule has 4 rings (SSSR count). The molecule has 0 atom stereocenters. The molecule has 6 heteroatoms. The molecule has 4 nitrogen and oxygen atoms in total. The molecule has 0 saturated heterocycles. The average Bonchev–Trinajstić information content (AvgIpc) is 2.99. The summed E-state index contributed by atoms with van der Waals surface area (Å²) in [5.41, 5.74) is 0.0797. The van der Waals surface area contributed by atoms with Crippen LogP contribution in [-0.2, 0) is 4.74 Å². The minimum atomic E-state index is -1.73. The van der Waals surface area contributed by atoms with Crippen LogP contribution in [0.5, 0.6) is 11.5 Å². The van der Waals surface area contributed by atoms with Gasteiger partial charge in [-0.05, 0) is 67.8 Å². The molecule has 0 aliphatic rings. The third-order valence-corrected chi connectivity index (χ3v) is 11.9. The van der Waals surface area contributed by atoms with Crippen LogP contribution in [0.15, 0.2) is 109 Å². The van der Waals surface area contributed by atoms with Crippen LogP contribution >= 0.6 is 7.26 Å². The van der Waals surface area contributed by atoms with Gasteiger partial charge in [-0.15, -0.1) is 0 Å². The van der Waals surface area contributed by atoms with Gasteiger partial charge >= 0.3 is 5.97 Å². The molecule has 0 heterocycles. The Morgan fingerprint density at radius 2 is 1.02 bits per heavy atom. The second kappa shape index (κ2) is 17.0. The molecule has 0 amide bonds. The molecule has 4 aromatic carbocycles. The van der Waals surface area contributed by atoms with Crippen LogP contribution in [0.3, 0.4) is 0 Å². The van der Waals surface area contributed by atoms with Crippen LogP contribution in [0.1, 0.15) is 61.7 Å². The Balaban J connectivity index is 0.00000462. The largest absolute Gasteiger partial charge is 1.00 e. The summed E-state index contributed by atoms with van der Waals surface area (Å²) in [5, 5.41) is 23.5. The number of carbonyl (C=O) groups excluding carboxylic acids is 1. The van der Waals surface area contributed by atoms with Crippen molar-refractivity contribution in [2.24, 2.45) is 0 Å². The van der Waals surface area contributed by atoms with Crippen LogP contribution in [0.2, 0.25) is 0 Å². The Labute approximate surface area is 255 Å². The van der Waals surface area contributed by atoms with E-state index in [0.29, 0.717) is 6.61 Å². The molecule has 4 aromatic rings. The fourth-order valence-corrected chi connectivity index (χ4v) is 9.74. The van der Waals surface area contributed by atoms with Crippen molar-refractivity contribution in [2.75, 3.05) is 12.8 Å². The lowest BCUT2D eigenvalue weighted by atomic mass is 10.1. The molecule has 41 heavy (non-hydrogen) atoms. The smallest absolute Gasteiger partial charge is 0.341 e. The van der Waals surface area contributed by atoms with Crippen molar-refractivity contribution in [2.45, 2.75) is 51.4 Å². The van der Waals surface area contributed by atoms with Crippen molar-refractivity contribution in [3.8, 4) is 11.5 Å². The highest BCUT2D eigenvalue weighted by Crippen LogP contribution is 2.56. The van der Waals surface area contributed by atoms with Gasteiger partial charge in [0.1, 0.15) is 40.2 Å². The van der Waals surface area contributed by atoms with E-state index in [9.17, 15) is 15.0 Å². The standard InChI is InChI=1S/C35H39O4P.BrH/c36-29-24-25-33(34(37)28-29)35(38)39-26-16-5-3-1-2-4-6-17-27-40(30-18-10-7-11-19-30,31-20-12-8-13-21-31)32-22-14-9-15-23-32;/h7-15,18-25,28H,1-6,16-17,26-27H2,(H-,36,37,38);1H. The lowest BCUT2D eigenvalue weighted by molar-refractivity contribution is -0.0000295. The van der Waals surface area contributed by atoms with E-state index in [1.807, 2.05) is 0 Å². The molecule has 0 unspecified atom stereocenters. The zero-order chi connectivity index (χ0) is 28.0. The van der Waals surface area contributed by atoms with Crippen molar-refractivity contribution in [1.29, 1.82) is 0 Å². The highest BCUT2D eigenvalue weighted by atomic mass is 79.9. The van der Waals surface area contributed by atoms with Crippen LogP contribution in [-0.4, -0.2) is 29.0 Å². The summed E-state index contributed by atoms with van der Waals surface area (Å²) in [5.74, 6) is -0.905. The third-order valence-electron chi connectivity index (χ3n) is 7.41. The normalized spacial score (nSPS) is 11.0. The molecule has 0 aliphatic carbocycles. The van der Waals surface area contributed by atoms with Crippen molar-refractivity contribution in [3.05, 3.63) is 115 Å². The maximum Gasteiger partial charge on any atom is 0.341 e. The van der Waals surface area contributed by atoms with Crippen LogP contribution in [0, 0.1) is 0 Å². The predicted octanol–water partition coefficient (Wildman–Crippen LogP) is 4.37. The summed E-state index contributed by atoms with van der Waals surface area (Å²) in [6, 6.07) is 37.2. The van der Waals surface area contributed by atoms with Crippen LogP contribution in [0.4, 0.5) is 0 Å². The Kier molecular flexibility index (Phi) is 13.4.